The quantitative estimate of drug-likeness (QED) is 0.128. The summed E-state index contributed by atoms with van der Waals surface area (Å²) in [5.41, 5.74) is 23.3. The van der Waals surface area contributed by atoms with Crippen molar-refractivity contribution in [3.8, 4) is 44.8 Å². The number of nitrogens with zero attached hydrogens (tertiary/aromatic N) is 4. The number of aryl methyl sites for hydroxylation is 2. The summed E-state index contributed by atoms with van der Waals surface area (Å²) in [7, 11) is 0. The number of fused-ring (bicyclic) bond motifs is 4. The van der Waals surface area contributed by atoms with Crippen LogP contribution >= 0.6 is 0 Å². The van der Waals surface area contributed by atoms with Gasteiger partial charge in [0.2, 0.25) is 0 Å². The fourth-order valence-corrected chi connectivity index (χ4v) is 12.2. The minimum absolute atomic E-state index is 1.10. The molecule has 0 aliphatic rings. The third kappa shape index (κ3) is 8.59. The predicted octanol–water partition coefficient (Wildman–Crippen LogP) is 21.1. The van der Waals surface area contributed by atoms with Crippen LogP contribution in [0, 0.1) is 27.7 Å². The van der Waals surface area contributed by atoms with Crippen molar-refractivity contribution in [1.82, 2.24) is 9.13 Å². The van der Waals surface area contributed by atoms with E-state index in [9.17, 15) is 0 Å². The molecule has 12 aromatic carbocycles. The molecule has 0 unspecified atom stereocenters. The molecule has 0 aliphatic carbocycles. The van der Waals surface area contributed by atoms with E-state index in [2.05, 4.69) is 326 Å². The Hall–Kier alpha value is -10.2. The predicted molar refractivity (Wildman–Crippen MR) is 340 cm³/mol. The zero-order valence-electron chi connectivity index (χ0n) is 45.3. The zero-order valence-corrected chi connectivity index (χ0v) is 45.3. The zero-order chi connectivity index (χ0) is 53.8. The van der Waals surface area contributed by atoms with Crippen LogP contribution < -0.4 is 9.80 Å². The van der Waals surface area contributed by atoms with Crippen LogP contribution in [0.5, 0.6) is 0 Å². The number of aromatic nitrogens is 2. The van der Waals surface area contributed by atoms with Crippen molar-refractivity contribution in [3.63, 3.8) is 0 Å². The number of hydrogen-bond acceptors (Lipinski definition) is 2. The number of rotatable bonds is 11. The van der Waals surface area contributed by atoms with Crippen molar-refractivity contribution in [2.45, 2.75) is 27.7 Å². The third-order valence-corrected chi connectivity index (χ3v) is 16.2. The van der Waals surface area contributed by atoms with E-state index < -0.39 is 0 Å². The summed E-state index contributed by atoms with van der Waals surface area (Å²) in [6, 6.07) is 102. The molecule has 0 amide bonds. The van der Waals surface area contributed by atoms with Crippen molar-refractivity contribution < 1.29 is 0 Å². The average molecular weight is 1030 g/mol. The molecule has 4 heteroatoms. The summed E-state index contributed by atoms with van der Waals surface area (Å²) in [5.74, 6) is 0. The van der Waals surface area contributed by atoms with Crippen molar-refractivity contribution in [2.75, 3.05) is 9.80 Å². The molecule has 14 rings (SSSR count). The van der Waals surface area contributed by atoms with Crippen molar-refractivity contribution >= 4 is 77.5 Å². The average Bonchev–Trinajstić information content (AvgIpc) is 4.01. The molecule has 0 fully saturated rings. The smallest absolute Gasteiger partial charge is 0.0538 e. The van der Waals surface area contributed by atoms with Gasteiger partial charge in [-0.15, -0.1) is 0 Å². The molecule has 382 valence electrons. The maximum Gasteiger partial charge on any atom is 0.0538 e. The van der Waals surface area contributed by atoms with Crippen LogP contribution in [-0.4, -0.2) is 9.13 Å². The minimum atomic E-state index is 1.10. The van der Waals surface area contributed by atoms with Gasteiger partial charge in [-0.1, -0.05) is 169 Å². The molecule has 2 heterocycles. The molecule has 0 bridgehead atoms. The van der Waals surface area contributed by atoms with Crippen LogP contribution in [0.3, 0.4) is 0 Å². The van der Waals surface area contributed by atoms with E-state index in [1.54, 1.807) is 0 Å². The van der Waals surface area contributed by atoms with E-state index in [-0.39, 0.29) is 0 Å². The molecule has 0 radical (unpaired) electrons. The molecule has 0 spiro atoms. The van der Waals surface area contributed by atoms with Crippen molar-refractivity contribution in [2.24, 2.45) is 0 Å². The first-order valence-electron chi connectivity index (χ1n) is 27.6. The second-order valence-electron chi connectivity index (χ2n) is 21.2. The highest BCUT2D eigenvalue weighted by Gasteiger charge is 2.23. The molecule has 0 atom stereocenters. The van der Waals surface area contributed by atoms with Crippen LogP contribution in [0.2, 0.25) is 0 Å². The standard InChI is InChI=1S/C76H58N4/c1-51-23-31-65(32-24-51)79(69-35-27-55-15-11-13-21-59(55)47-69)67-41-37-63(38-42-67)77-53(3)75(57-17-7-5-8-18-57)71-49-61(29-45-73(71)77)62-30-46-74-72(50-62)76(58-19-9-6-10-20-58)54(4)78(74)64-39-43-68(44-40-64)80(66-33-25-52(2)26-34-66)70-36-28-56-16-12-14-22-60(56)48-70/h5-50H,1-4H3. The lowest BCUT2D eigenvalue weighted by Crippen LogP contribution is -2.10. The summed E-state index contributed by atoms with van der Waals surface area (Å²) in [6.07, 6.45) is 0. The second kappa shape index (κ2) is 20.0. The number of anilines is 6. The second-order valence-corrected chi connectivity index (χ2v) is 21.2. The molecule has 0 saturated heterocycles. The van der Waals surface area contributed by atoms with Gasteiger partial charge in [-0.3, -0.25) is 0 Å². The van der Waals surface area contributed by atoms with Gasteiger partial charge in [-0.05, 0) is 193 Å². The molecule has 2 aromatic heterocycles. The Morgan fingerprint density at radius 3 is 0.950 bits per heavy atom. The Morgan fingerprint density at radius 2 is 0.575 bits per heavy atom. The van der Waals surface area contributed by atoms with E-state index in [1.165, 1.54) is 99.2 Å². The number of hydrogen-bond donors (Lipinski definition) is 0. The van der Waals surface area contributed by atoms with E-state index in [0.29, 0.717) is 0 Å². The Morgan fingerprint density at radius 1 is 0.250 bits per heavy atom. The lowest BCUT2D eigenvalue weighted by atomic mass is 9.96. The molecule has 0 aliphatic heterocycles. The van der Waals surface area contributed by atoms with Gasteiger partial charge >= 0.3 is 0 Å². The molecular formula is C76H58N4. The van der Waals surface area contributed by atoms with Crippen LogP contribution in [-0.2, 0) is 0 Å². The van der Waals surface area contributed by atoms with Crippen LogP contribution in [0.25, 0.3) is 88.1 Å². The van der Waals surface area contributed by atoms with Gasteiger partial charge in [0.1, 0.15) is 0 Å². The lowest BCUT2D eigenvalue weighted by molar-refractivity contribution is 1.05. The normalized spacial score (nSPS) is 11.5. The van der Waals surface area contributed by atoms with Crippen LogP contribution in [0.1, 0.15) is 22.5 Å². The van der Waals surface area contributed by atoms with E-state index in [0.717, 1.165) is 45.5 Å². The SMILES string of the molecule is Cc1ccc(N(c2ccc(-n3c(C)c(-c4ccccc4)c4cc(-c5ccc6c(c5)c(-c5ccccc5)c(C)n6-c5ccc(N(c6ccc(C)cc6)c6ccc7ccccc7c6)cc5)ccc43)cc2)c2ccc3ccccc3c2)cc1. The lowest BCUT2D eigenvalue weighted by Gasteiger charge is -2.26. The Kier molecular flexibility index (Phi) is 12.1. The van der Waals surface area contributed by atoms with E-state index in [4.69, 9.17) is 0 Å². The molecule has 4 nitrogen and oxygen atoms in total. The molecular weight excluding hydrogens is 969 g/mol. The van der Waals surface area contributed by atoms with Crippen LogP contribution in [0.4, 0.5) is 34.1 Å². The summed E-state index contributed by atoms with van der Waals surface area (Å²) in [5, 5.41) is 7.32. The molecule has 0 saturated carbocycles. The van der Waals surface area contributed by atoms with Gasteiger partial charge in [0.05, 0.1) is 11.0 Å². The highest BCUT2D eigenvalue weighted by molar-refractivity contribution is 6.04. The maximum absolute atomic E-state index is 2.44. The summed E-state index contributed by atoms with van der Waals surface area (Å²) < 4.78 is 4.87. The monoisotopic (exact) mass is 1030 g/mol. The van der Waals surface area contributed by atoms with Gasteiger partial charge in [0.15, 0.2) is 0 Å². The first-order valence-corrected chi connectivity index (χ1v) is 27.6. The summed E-state index contributed by atoms with van der Waals surface area (Å²) in [6.45, 7) is 8.82. The Balaban J connectivity index is 0.862. The van der Waals surface area contributed by atoms with Gasteiger partial charge in [0, 0.05) is 78.8 Å². The molecule has 0 N–H and O–H groups in total. The van der Waals surface area contributed by atoms with E-state index in [1.807, 2.05) is 0 Å². The summed E-state index contributed by atoms with van der Waals surface area (Å²) in [4.78, 5) is 4.72. The summed E-state index contributed by atoms with van der Waals surface area (Å²) >= 11 is 0. The molecule has 80 heavy (non-hydrogen) atoms. The minimum Gasteiger partial charge on any atom is -0.313 e. The fraction of sp³-hybridized carbons (Fsp3) is 0.0526. The van der Waals surface area contributed by atoms with Gasteiger partial charge in [-0.2, -0.15) is 0 Å². The first kappa shape index (κ1) is 48.2. The topological polar surface area (TPSA) is 16.3 Å². The Bertz CT molecular complexity index is 4290. The third-order valence-electron chi connectivity index (χ3n) is 16.2. The van der Waals surface area contributed by atoms with Gasteiger partial charge in [-0.25, -0.2) is 0 Å². The Labute approximate surface area is 467 Å². The first-order chi connectivity index (χ1) is 39.3. The number of benzene rings is 12. The maximum atomic E-state index is 2.44. The highest BCUT2D eigenvalue weighted by Crippen LogP contribution is 2.44. The van der Waals surface area contributed by atoms with E-state index >= 15 is 0 Å². The fourth-order valence-electron chi connectivity index (χ4n) is 12.2. The van der Waals surface area contributed by atoms with Crippen molar-refractivity contribution in [3.05, 3.63) is 302 Å². The van der Waals surface area contributed by atoms with Crippen molar-refractivity contribution in [1.29, 1.82) is 0 Å². The largest absolute Gasteiger partial charge is 0.313 e. The van der Waals surface area contributed by atoms with Gasteiger partial charge < -0.3 is 18.9 Å². The van der Waals surface area contributed by atoms with Gasteiger partial charge in [0.25, 0.3) is 0 Å². The van der Waals surface area contributed by atoms with Crippen LogP contribution in [0.15, 0.2) is 279 Å². The highest BCUT2D eigenvalue weighted by atomic mass is 15.1. The molecule has 14 aromatic rings.